The first-order valence-electron chi connectivity index (χ1n) is 9.24. The van der Waals surface area contributed by atoms with Crippen molar-refractivity contribution in [3.63, 3.8) is 0 Å². The fourth-order valence-electron chi connectivity index (χ4n) is 2.93. The van der Waals surface area contributed by atoms with Gasteiger partial charge < -0.3 is 10.1 Å². The molecule has 2 aromatic heterocycles. The molecule has 5 nitrogen and oxygen atoms in total. The van der Waals surface area contributed by atoms with Crippen LogP contribution in [0.1, 0.15) is 35.6 Å². The Morgan fingerprint density at radius 2 is 2.07 bits per heavy atom. The number of hydrogen-bond acceptors (Lipinski definition) is 5. The number of imidazole rings is 1. The van der Waals surface area contributed by atoms with E-state index in [4.69, 9.17) is 17.3 Å². The lowest BCUT2D eigenvalue weighted by Crippen LogP contribution is -2.04. The molecule has 3 aromatic rings. The summed E-state index contributed by atoms with van der Waals surface area (Å²) in [5.41, 5.74) is 10.2. The molecule has 0 spiro atoms. The van der Waals surface area contributed by atoms with Gasteiger partial charge in [-0.25, -0.2) is 4.98 Å². The number of aliphatic imine (C=N–C) groups is 1. The topological polar surface area (TPSA) is 67.7 Å². The molecule has 144 valence electrons. The molecule has 0 bridgehead atoms. The van der Waals surface area contributed by atoms with Crippen LogP contribution in [0.15, 0.2) is 64.9 Å². The van der Waals surface area contributed by atoms with Crippen LogP contribution in [0.2, 0.25) is 5.02 Å². The van der Waals surface area contributed by atoms with Crippen LogP contribution in [0.5, 0.6) is 0 Å². The Morgan fingerprint density at radius 3 is 2.82 bits per heavy atom. The molecule has 1 aromatic carbocycles. The fourth-order valence-corrected chi connectivity index (χ4v) is 3.66. The minimum Gasteiger partial charge on any atom is -0.404 e. The maximum Gasteiger partial charge on any atom is 0.137 e. The largest absolute Gasteiger partial charge is 0.404 e. The number of fused-ring (bicyclic) bond motifs is 1. The zero-order chi connectivity index (χ0) is 19.3. The SMILES string of the molecule is NC=C(C=NCc1cn2cc(C3CC3)ccc2n1)SNCc1ccc(Cl)cc1. The van der Waals surface area contributed by atoms with Gasteiger partial charge in [0.25, 0.3) is 0 Å². The second-order valence-electron chi connectivity index (χ2n) is 6.82. The van der Waals surface area contributed by atoms with E-state index in [2.05, 4.69) is 43.6 Å². The van der Waals surface area contributed by atoms with Crippen LogP contribution in [-0.4, -0.2) is 15.6 Å². The van der Waals surface area contributed by atoms with E-state index >= 15 is 0 Å². The van der Waals surface area contributed by atoms with Gasteiger partial charge in [0.05, 0.1) is 17.1 Å². The van der Waals surface area contributed by atoms with E-state index in [-0.39, 0.29) is 0 Å². The molecule has 1 aliphatic carbocycles. The highest BCUT2D eigenvalue weighted by Gasteiger charge is 2.23. The number of allylic oxidation sites excluding steroid dienone is 1. The van der Waals surface area contributed by atoms with Crippen molar-refractivity contribution in [3.8, 4) is 0 Å². The molecular weight excluding hydrogens is 390 g/mol. The maximum atomic E-state index is 5.90. The number of nitrogens with zero attached hydrogens (tertiary/aromatic N) is 3. The molecule has 3 N–H and O–H groups in total. The summed E-state index contributed by atoms with van der Waals surface area (Å²) >= 11 is 7.35. The van der Waals surface area contributed by atoms with Crippen molar-refractivity contribution >= 4 is 35.4 Å². The molecule has 0 radical (unpaired) electrons. The summed E-state index contributed by atoms with van der Waals surface area (Å²) in [5.74, 6) is 0.739. The highest BCUT2D eigenvalue weighted by Crippen LogP contribution is 2.39. The number of nitrogens with two attached hydrogens (primary N) is 1. The zero-order valence-electron chi connectivity index (χ0n) is 15.4. The third kappa shape index (κ3) is 4.95. The predicted molar refractivity (Wildman–Crippen MR) is 118 cm³/mol. The Bertz CT molecular complexity index is 1010. The molecule has 7 heteroatoms. The molecule has 1 fully saturated rings. The lowest BCUT2D eigenvalue weighted by Gasteiger charge is -2.04. The van der Waals surface area contributed by atoms with Crippen LogP contribution in [0.4, 0.5) is 0 Å². The standard InChI is InChI=1S/C21H22ClN5S/c22-18-6-1-15(2-7-18)10-25-28-20(9-23)12-24-11-19-14-27-13-17(16-3-4-16)5-8-21(27)26-19/h1-2,5-9,12-14,16,25H,3-4,10-11,23H2. The minimum atomic E-state index is 0.523. The van der Waals surface area contributed by atoms with Gasteiger partial charge in [0.15, 0.2) is 0 Å². The molecule has 0 atom stereocenters. The first kappa shape index (κ1) is 19.1. The van der Waals surface area contributed by atoms with Crippen molar-refractivity contribution in [2.24, 2.45) is 10.7 Å². The molecule has 0 unspecified atom stereocenters. The van der Waals surface area contributed by atoms with Gasteiger partial charge in [0.1, 0.15) is 5.65 Å². The summed E-state index contributed by atoms with van der Waals surface area (Å²) in [7, 11) is 0. The van der Waals surface area contributed by atoms with E-state index in [0.29, 0.717) is 13.1 Å². The lowest BCUT2D eigenvalue weighted by atomic mass is 10.2. The predicted octanol–water partition coefficient (Wildman–Crippen LogP) is 4.67. The fraction of sp³-hybridized carbons (Fsp3) is 0.238. The van der Waals surface area contributed by atoms with Crippen molar-refractivity contribution in [2.75, 3.05) is 0 Å². The Balaban J connectivity index is 1.30. The van der Waals surface area contributed by atoms with Crippen molar-refractivity contribution in [1.29, 1.82) is 0 Å². The summed E-state index contributed by atoms with van der Waals surface area (Å²) in [6.45, 7) is 1.23. The smallest absolute Gasteiger partial charge is 0.137 e. The van der Waals surface area contributed by atoms with Crippen molar-refractivity contribution in [3.05, 3.63) is 81.7 Å². The minimum absolute atomic E-state index is 0.523. The molecule has 4 rings (SSSR count). The second kappa shape index (κ2) is 8.82. The number of nitrogens with one attached hydrogen (secondary N) is 1. The number of benzene rings is 1. The van der Waals surface area contributed by atoms with E-state index in [9.17, 15) is 0 Å². The zero-order valence-corrected chi connectivity index (χ0v) is 17.0. The maximum absolute atomic E-state index is 5.90. The van der Waals surface area contributed by atoms with Gasteiger partial charge >= 0.3 is 0 Å². The first-order chi connectivity index (χ1) is 13.7. The third-order valence-electron chi connectivity index (χ3n) is 4.59. The monoisotopic (exact) mass is 411 g/mol. The molecule has 0 saturated heterocycles. The summed E-state index contributed by atoms with van der Waals surface area (Å²) < 4.78 is 5.38. The quantitative estimate of drug-likeness (QED) is 0.417. The third-order valence-corrected chi connectivity index (χ3v) is 5.61. The van der Waals surface area contributed by atoms with Gasteiger partial charge in [-0.15, -0.1) is 0 Å². The molecule has 1 saturated carbocycles. The molecule has 0 amide bonds. The van der Waals surface area contributed by atoms with Crippen molar-refractivity contribution in [1.82, 2.24) is 14.1 Å². The number of aromatic nitrogens is 2. The Kier molecular flexibility index (Phi) is 6.00. The number of halogens is 1. The van der Waals surface area contributed by atoms with Crippen LogP contribution >= 0.6 is 23.5 Å². The van der Waals surface area contributed by atoms with Gasteiger partial charge in [-0.05, 0) is 60.0 Å². The van der Waals surface area contributed by atoms with Crippen LogP contribution in [0.3, 0.4) is 0 Å². The molecule has 0 aliphatic heterocycles. The summed E-state index contributed by atoms with van der Waals surface area (Å²) in [4.78, 5) is 9.97. The Labute approximate surface area is 173 Å². The average Bonchev–Trinajstić information content (AvgIpc) is 3.48. The van der Waals surface area contributed by atoms with E-state index in [1.165, 1.54) is 30.4 Å². The van der Waals surface area contributed by atoms with Crippen molar-refractivity contribution < 1.29 is 0 Å². The first-order valence-corrected chi connectivity index (χ1v) is 10.4. The highest BCUT2D eigenvalue weighted by atomic mass is 35.5. The van der Waals surface area contributed by atoms with Gasteiger partial charge in [-0.1, -0.05) is 29.8 Å². The normalized spacial score (nSPS) is 15.0. The summed E-state index contributed by atoms with van der Waals surface area (Å²) in [5, 5.41) is 0.738. The highest BCUT2D eigenvalue weighted by molar-refractivity contribution is 8.02. The van der Waals surface area contributed by atoms with Gasteiger partial charge in [-0.3, -0.25) is 9.71 Å². The van der Waals surface area contributed by atoms with Crippen LogP contribution < -0.4 is 10.5 Å². The second-order valence-corrected chi connectivity index (χ2v) is 8.22. The van der Waals surface area contributed by atoms with E-state index in [0.717, 1.165) is 32.8 Å². The molecule has 2 heterocycles. The summed E-state index contributed by atoms with van der Waals surface area (Å²) in [6, 6.07) is 12.0. The van der Waals surface area contributed by atoms with Gasteiger partial charge in [0, 0.05) is 36.4 Å². The molecule has 1 aliphatic rings. The lowest BCUT2D eigenvalue weighted by molar-refractivity contribution is 0.980. The van der Waals surface area contributed by atoms with E-state index in [1.54, 1.807) is 12.4 Å². The number of hydrogen-bond donors (Lipinski definition) is 2. The Hall–Kier alpha value is -2.28. The van der Waals surface area contributed by atoms with Crippen LogP contribution in [0, 0.1) is 0 Å². The summed E-state index contributed by atoms with van der Waals surface area (Å²) in [6.07, 6.45) is 10.2. The average molecular weight is 412 g/mol. The molecule has 28 heavy (non-hydrogen) atoms. The Morgan fingerprint density at radius 1 is 1.25 bits per heavy atom. The van der Waals surface area contributed by atoms with Crippen LogP contribution in [0.25, 0.3) is 5.65 Å². The van der Waals surface area contributed by atoms with Gasteiger partial charge in [0.2, 0.25) is 0 Å². The number of pyridine rings is 1. The van der Waals surface area contributed by atoms with Crippen molar-refractivity contribution in [2.45, 2.75) is 31.8 Å². The van der Waals surface area contributed by atoms with Gasteiger partial charge in [-0.2, -0.15) is 0 Å². The van der Waals surface area contributed by atoms with E-state index in [1.807, 2.05) is 24.3 Å². The number of rotatable bonds is 8. The molecular formula is C21H22ClN5S. The van der Waals surface area contributed by atoms with Crippen LogP contribution in [-0.2, 0) is 13.1 Å². The van der Waals surface area contributed by atoms with E-state index < -0.39 is 0 Å².